The van der Waals surface area contributed by atoms with Gasteiger partial charge in [0.1, 0.15) is 12.4 Å². The fourth-order valence-corrected chi connectivity index (χ4v) is 2.00. The number of nitrogens with one attached hydrogen (secondary N) is 1. The van der Waals surface area contributed by atoms with Crippen LogP contribution in [0.15, 0.2) is 54.6 Å². The highest BCUT2D eigenvalue weighted by Gasteiger charge is 2.31. The molecule has 0 spiro atoms. The highest BCUT2D eigenvalue weighted by molar-refractivity contribution is 5.33. The van der Waals surface area contributed by atoms with Crippen LogP contribution < -0.4 is 10.1 Å². The van der Waals surface area contributed by atoms with E-state index in [9.17, 15) is 5.26 Å². The van der Waals surface area contributed by atoms with E-state index in [1.54, 1.807) is 7.05 Å². The molecular weight excluding hydrogens is 248 g/mol. The first-order valence-electron chi connectivity index (χ1n) is 6.55. The third kappa shape index (κ3) is 2.98. The van der Waals surface area contributed by atoms with Crippen molar-refractivity contribution >= 4 is 0 Å². The lowest BCUT2D eigenvalue weighted by Crippen LogP contribution is -2.44. The summed E-state index contributed by atoms with van der Waals surface area (Å²) >= 11 is 0. The Kier molecular flexibility index (Phi) is 4.39. The smallest absolute Gasteiger partial charge is 0.166 e. The number of hydrogen-bond acceptors (Lipinski definition) is 3. The van der Waals surface area contributed by atoms with Crippen LogP contribution in [0.5, 0.6) is 5.75 Å². The number of hydrogen-bond donors (Lipinski definition) is 1. The molecule has 2 aromatic rings. The van der Waals surface area contributed by atoms with Gasteiger partial charge in [-0.15, -0.1) is 0 Å². The highest BCUT2D eigenvalue weighted by atomic mass is 16.5. The fourth-order valence-electron chi connectivity index (χ4n) is 2.00. The Labute approximate surface area is 119 Å². The second-order valence-electron chi connectivity index (χ2n) is 4.73. The fraction of sp³-hybridized carbons (Fsp3) is 0.235. The maximum Gasteiger partial charge on any atom is 0.166 e. The van der Waals surface area contributed by atoms with Crippen LogP contribution in [0.3, 0.4) is 0 Å². The molecule has 102 valence electrons. The van der Waals surface area contributed by atoms with Crippen molar-refractivity contribution in [3.05, 3.63) is 65.7 Å². The minimum absolute atomic E-state index is 0.257. The van der Waals surface area contributed by atoms with Gasteiger partial charge in [0, 0.05) is 0 Å². The van der Waals surface area contributed by atoms with Crippen LogP contribution >= 0.6 is 0 Å². The molecule has 0 aliphatic carbocycles. The summed E-state index contributed by atoms with van der Waals surface area (Å²) < 4.78 is 5.78. The topological polar surface area (TPSA) is 45.0 Å². The number of ether oxygens (including phenoxy) is 1. The zero-order chi connectivity index (χ0) is 14.4. The molecule has 3 heteroatoms. The molecule has 0 aliphatic heterocycles. The molecule has 2 rings (SSSR count). The molecule has 1 N–H and O–H groups in total. The van der Waals surface area contributed by atoms with E-state index in [2.05, 4.69) is 11.4 Å². The van der Waals surface area contributed by atoms with Crippen LogP contribution in [0.2, 0.25) is 0 Å². The van der Waals surface area contributed by atoms with Gasteiger partial charge >= 0.3 is 0 Å². The lowest BCUT2D eigenvalue weighted by Gasteiger charge is -2.26. The van der Waals surface area contributed by atoms with Crippen molar-refractivity contribution in [2.45, 2.75) is 12.5 Å². The number of nitriles is 1. The first-order chi connectivity index (χ1) is 9.70. The van der Waals surface area contributed by atoms with Gasteiger partial charge in [0.15, 0.2) is 5.54 Å². The molecule has 0 saturated heterocycles. The zero-order valence-corrected chi connectivity index (χ0v) is 11.8. The minimum Gasteiger partial charge on any atom is -0.490 e. The van der Waals surface area contributed by atoms with Crippen LogP contribution in [0.4, 0.5) is 0 Å². The van der Waals surface area contributed by atoms with E-state index < -0.39 is 5.54 Å². The third-order valence-electron chi connectivity index (χ3n) is 3.36. The Morgan fingerprint density at radius 3 is 2.30 bits per heavy atom. The van der Waals surface area contributed by atoms with Crippen LogP contribution in [0.25, 0.3) is 0 Å². The van der Waals surface area contributed by atoms with Gasteiger partial charge in [-0.2, -0.15) is 5.26 Å². The Balaban J connectivity index is 2.18. The second-order valence-corrected chi connectivity index (χ2v) is 4.73. The lowest BCUT2D eigenvalue weighted by molar-refractivity contribution is 0.231. The van der Waals surface area contributed by atoms with Gasteiger partial charge in [-0.1, -0.05) is 48.0 Å². The third-order valence-corrected chi connectivity index (χ3v) is 3.36. The highest BCUT2D eigenvalue weighted by Crippen LogP contribution is 2.22. The molecule has 0 amide bonds. The maximum absolute atomic E-state index is 9.56. The Morgan fingerprint density at radius 1 is 1.10 bits per heavy atom. The first-order valence-corrected chi connectivity index (χ1v) is 6.55. The summed E-state index contributed by atoms with van der Waals surface area (Å²) in [5.74, 6) is 0.765. The normalized spacial score (nSPS) is 13.2. The van der Waals surface area contributed by atoms with E-state index in [1.165, 1.54) is 5.56 Å². The van der Waals surface area contributed by atoms with Crippen molar-refractivity contribution in [3.8, 4) is 11.8 Å². The van der Waals surface area contributed by atoms with Gasteiger partial charge in [0.2, 0.25) is 0 Å². The van der Waals surface area contributed by atoms with E-state index in [4.69, 9.17) is 4.74 Å². The van der Waals surface area contributed by atoms with Crippen molar-refractivity contribution in [1.29, 1.82) is 5.26 Å². The van der Waals surface area contributed by atoms with Crippen molar-refractivity contribution in [2.75, 3.05) is 13.7 Å². The molecule has 0 bridgehead atoms. The van der Waals surface area contributed by atoms with E-state index >= 15 is 0 Å². The summed E-state index contributed by atoms with van der Waals surface area (Å²) in [7, 11) is 1.77. The molecule has 1 atom stereocenters. The van der Waals surface area contributed by atoms with Crippen LogP contribution in [0, 0.1) is 18.3 Å². The molecule has 0 aliphatic rings. The van der Waals surface area contributed by atoms with Crippen molar-refractivity contribution in [1.82, 2.24) is 5.32 Å². The summed E-state index contributed by atoms with van der Waals surface area (Å²) in [6, 6.07) is 19.8. The largest absolute Gasteiger partial charge is 0.490 e. The number of aryl methyl sites for hydroxylation is 1. The minimum atomic E-state index is -0.841. The molecule has 0 aromatic heterocycles. The molecule has 2 aromatic carbocycles. The van der Waals surface area contributed by atoms with Crippen LogP contribution in [-0.2, 0) is 5.54 Å². The number of nitrogens with zero attached hydrogens (tertiary/aromatic N) is 1. The second kappa shape index (κ2) is 6.23. The molecule has 0 radical (unpaired) electrons. The predicted molar refractivity (Wildman–Crippen MR) is 79.5 cm³/mol. The summed E-state index contributed by atoms with van der Waals surface area (Å²) in [6.45, 7) is 2.29. The maximum atomic E-state index is 9.56. The Bertz CT molecular complexity index is 587. The summed E-state index contributed by atoms with van der Waals surface area (Å²) in [5, 5.41) is 12.6. The van der Waals surface area contributed by atoms with E-state index in [1.807, 2.05) is 61.5 Å². The predicted octanol–water partition coefficient (Wildman–Crippen LogP) is 3.01. The zero-order valence-electron chi connectivity index (χ0n) is 11.8. The van der Waals surface area contributed by atoms with Crippen molar-refractivity contribution in [2.24, 2.45) is 0 Å². The van der Waals surface area contributed by atoms with Crippen molar-refractivity contribution < 1.29 is 4.74 Å². The van der Waals surface area contributed by atoms with Crippen molar-refractivity contribution in [3.63, 3.8) is 0 Å². The molecule has 0 heterocycles. The summed E-state index contributed by atoms with van der Waals surface area (Å²) in [6.07, 6.45) is 0. The average molecular weight is 266 g/mol. The number of rotatable bonds is 5. The Morgan fingerprint density at radius 2 is 1.75 bits per heavy atom. The van der Waals surface area contributed by atoms with Gasteiger partial charge in [-0.3, -0.25) is 5.32 Å². The SMILES string of the molecule is CNC(C#N)(COc1ccc(C)cc1)c1ccccc1. The van der Waals surface area contributed by atoms with Gasteiger partial charge in [-0.05, 0) is 31.7 Å². The average Bonchev–Trinajstić information content (AvgIpc) is 2.51. The van der Waals surface area contributed by atoms with Gasteiger partial charge in [0.25, 0.3) is 0 Å². The van der Waals surface area contributed by atoms with E-state index in [-0.39, 0.29) is 6.61 Å². The van der Waals surface area contributed by atoms with Gasteiger partial charge < -0.3 is 4.74 Å². The molecule has 0 fully saturated rings. The monoisotopic (exact) mass is 266 g/mol. The van der Waals surface area contributed by atoms with E-state index in [0.717, 1.165) is 11.3 Å². The summed E-state index contributed by atoms with van der Waals surface area (Å²) in [5.41, 5.74) is 1.24. The standard InChI is InChI=1S/C17H18N2O/c1-14-8-10-16(11-9-14)20-13-17(12-18,19-2)15-6-4-3-5-7-15/h3-11,19H,13H2,1-2H3. The number of benzene rings is 2. The molecule has 20 heavy (non-hydrogen) atoms. The molecular formula is C17H18N2O. The Hall–Kier alpha value is -2.31. The first kappa shape index (κ1) is 14.1. The van der Waals surface area contributed by atoms with Gasteiger partial charge in [0.05, 0.1) is 6.07 Å². The molecule has 1 unspecified atom stereocenters. The quantitative estimate of drug-likeness (QED) is 0.904. The van der Waals surface area contributed by atoms with Crippen LogP contribution in [0.1, 0.15) is 11.1 Å². The molecule has 0 saturated carbocycles. The van der Waals surface area contributed by atoms with Crippen LogP contribution in [-0.4, -0.2) is 13.7 Å². The van der Waals surface area contributed by atoms with E-state index in [0.29, 0.717) is 0 Å². The molecule has 3 nitrogen and oxygen atoms in total. The summed E-state index contributed by atoms with van der Waals surface area (Å²) in [4.78, 5) is 0. The van der Waals surface area contributed by atoms with Gasteiger partial charge in [-0.25, -0.2) is 0 Å². The number of likely N-dealkylation sites (N-methyl/N-ethyl adjacent to an activating group) is 1. The lowest BCUT2D eigenvalue weighted by atomic mass is 9.92.